The number of carbonyl (C=O) groups is 1. The first kappa shape index (κ1) is 11.8. The molecule has 0 aromatic rings. The van der Waals surface area contributed by atoms with Crippen molar-refractivity contribution in [3.05, 3.63) is 11.9 Å². The zero-order valence-corrected chi connectivity index (χ0v) is 8.28. The predicted molar refractivity (Wildman–Crippen MR) is 50.1 cm³/mol. The minimum absolute atomic E-state index is 0.0121. The van der Waals surface area contributed by atoms with Crippen LogP contribution in [0.15, 0.2) is 11.9 Å². The minimum atomic E-state index is -0.543. The Kier molecular flexibility index (Phi) is 4.91. The third-order valence-corrected chi connectivity index (χ3v) is 1.40. The number of carbonyl (C=O) groups excluding carboxylic acids is 1. The molecule has 76 valence electrons. The van der Waals surface area contributed by atoms with Gasteiger partial charge in [-0.3, -0.25) is 0 Å². The lowest BCUT2D eigenvalue weighted by Gasteiger charge is -2.18. The first-order chi connectivity index (χ1) is 5.99. The molecule has 0 aromatic heterocycles. The number of rotatable bonds is 4. The van der Waals surface area contributed by atoms with Gasteiger partial charge in [0.05, 0.1) is 6.61 Å². The van der Waals surface area contributed by atoms with Crippen molar-refractivity contribution in [3.8, 4) is 0 Å². The maximum Gasteiger partial charge on any atom is 0.355 e. The Balaban J connectivity index is 4.22. The van der Waals surface area contributed by atoms with Crippen molar-refractivity contribution in [1.29, 1.82) is 0 Å². The van der Waals surface area contributed by atoms with Gasteiger partial charge in [-0.05, 0) is 20.8 Å². The summed E-state index contributed by atoms with van der Waals surface area (Å²) in [4.78, 5) is 11.0. The lowest BCUT2D eigenvalue weighted by atomic mass is 10.4. The molecular formula is C8H17N3O2. The van der Waals surface area contributed by atoms with E-state index in [1.54, 1.807) is 6.92 Å². The third kappa shape index (κ3) is 4.37. The molecule has 0 amide bonds. The van der Waals surface area contributed by atoms with Gasteiger partial charge < -0.3 is 15.5 Å². The van der Waals surface area contributed by atoms with Gasteiger partial charge in [-0.1, -0.05) is 0 Å². The first-order valence-electron chi connectivity index (χ1n) is 4.16. The summed E-state index contributed by atoms with van der Waals surface area (Å²) in [7, 11) is 0. The van der Waals surface area contributed by atoms with Crippen LogP contribution < -0.4 is 11.6 Å². The first-order valence-corrected chi connectivity index (χ1v) is 4.16. The zero-order chi connectivity index (χ0) is 10.4. The second-order valence-corrected chi connectivity index (χ2v) is 2.85. The minimum Gasteiger partial charge on any atom is -0.461 e. The number of nitrogens with two attached hydrogens (primary N) is 2. The van der Waals surface area contributed by atoms with Crippen LogP contribution in [0, 0.1) is 0 Å². The van der Waals surface area contributed by atoms with Gasteiger partial charge in [0.25, 0.3) is 0 Å². The van der Waals surface area contributed by atoms with Crippen LogP contribution in [-0.2, 0) is 9.53 Å². The molecule has 0 rings (SSSR count). The predicted octanol–water partition coefficient (Wildman–Crippen LogP) is -0.0663. The van der Waals surface area contributed by atoms with Gasteiger partial charge in [0, 0.05) is 12.2 Å². The summed E-state index contributed by atoms with van der Waals surface area (Å²) in [6.07, 6.45) is 1.36. The zero-order valence-electron chi connectivity index (χ0n) is 8.28. The molecule has 0 spiro atoms. The SMILES string of the molecule is CCOC(=O)/C(N)=C/N(N)C(C)C. The van der Waals surface area contributed by atoms with Crippen molar-refractivity contribution in [3.63, 3.8) is 0 Å². The number of nitrogens with zero attached hydrogens (tertiary/aromatic N) is 1. The normalized spacial score (nSPS) is 11.6. The molecule has 0 aliphatic rings. The average molecular weight is 187 g/mol. The van der Waals surface area contributed by atoms with Crippen LogP contribution in [0.25, 0.3) is 0 Å². The van der Waals surface area contributed by atoms with Crippen LogP contribution >= 0.6 is 0 Å². The third-order valence-electron chi connectivity index (χ3n) is 1.40. The summed E-state index contributed by atoms with van der Waals surface area (Å²) in [5.41, 5.74) is 5.42. The van der Waals surface area contributed by atoms with E-state index >= 15 is 0 Å². The molecule has 0 heterocycles. The topological polar surface area (TPSA) is 81.6 Å². The molecule has 4 N–H and O–H groups in total. The number of hydrazine groups is 1. The lowest BCUT2D eigenvalue weighted by Crippen LogP contribution is -2.34. The van der Waals surface area contributed by atoms with E-state index in [4.69, 9.17) is 11.6 Å². The Bertz CT molecular complexity index is 202. The van der Waals surface area contributed by atoms with Crippen molar-refractivity contribution < 1.29 is 9.53 Å². The molecule has 0 unspecified atom stereocenters. The quantitative estimate of drug-likeness (QED) is 0.279. The highest BCUT2D eigenvalue weighted by Gasteiger charge is 2.07. The lowest BCUT2D eigenvalue weighted by molar-refractivity contribution is -0.138. The molecule has 0 atom stereocenters. The van der Waals surface area contributed by atoms with Gasteiger partial charge in [-0.25, -0.2) is 10.6 Å². The fourth-order valence-electron chi connectivity index (χ4n) is 0.577. The Morgan fingerprint density at radius 1 is 1.62 bits per heavy atom. The number of hydrogen-bond donors (Lipinski definition) is 2. The van der Waals surface area contributed by atoms with Crippen molar-refractivity contribution in [2.24, 2.45) is 11.6 Å². The van der Waals surface area contributed by atoms with Crippen LogP contribution in [0.3, 0.4) is 0 Å². The second kappa shape index (κ2) is 5.42. The van der Waals surface area contributed by atoms with E-state index in [0.717, 1.165) is 0 Å². The molecule has 0 aliphatic heterocycles. The largest absolute Gasteiger partial charge is 0.461 e. The molecule has 0 bridgehead atoms. The highest BCUT2D eigenvalue weighted by Crippen LogP contribution is 1.95. The van der Waals surface area contributed by atoms with E-state index in [1.165, 1.54) is 11.2 Å². The maximum absolute atomic E-state index is 11.0. The summed E-state index contributed by atoms with van der Waals surface area (Å²) >= 11 is 0. The van der Waals surface area contributed by atoms with Gasteiger partial charge in [-0.2, -0.15) is 0 Å². The van der Waals surface area contributed by atoms with E-state index < -0.39 is 5.97 Å². The van der Waals surface area contributed by atoms with E-state index in [2.05, 4.69) is 4.74 Å². The van der Waals surface area contributed by atoms with Gasteiger partial charge in [0.1, 0.15) is 5.70 Å². The Morgan fingerprint density at radius 2 is 2.15 bits per heavy atom. The Morgan fingerprint density at radius 3 is 2.54 bits per heavy atom. The summed E-state index contributed by atoms with van der Waals surface area (Å²) < 4.78 is 4.67. The van der Waals surface area contributed by atoms with Crippen LogP contribution in [0.2, 0.25) is 0 Å². The summed E-state index contributed by atoms with van der Waals surface area (Å²) in [5.74, 6) is 4.98. The van der Waals surface area contributed by atoms with E-state index in [-0.39, 0.29) is 11.7 Å². The molecule has 0 aliphatic carbocycles. The van der Waals surface area contributed by atoms with E-state index in [1.807, 2.05) is 13.8 Å². The van der Waals surface area contributed by atoms with Crippen molar-refractivity contribution in [2.75, 3.05) is 6.61 Å². The smallest absolute Gasteiger partial charge is 0.355 e. The molecule has 13 heavy (non-hydrogen) atoms. The number of hydrogen-bond acceptors (Lipinski definition) is 5. The highest BCUT2D eigenvalue weighted by atomic mass is 16.5. The fourth-order valence-corrected chi connectivity index (χ4v) is 0.577. The van der Waals surface area contributed by atoms with Gasteiger partial charge in [-0.15, -0.1) is 0 Å². The number of ether oxygens (including phenoxy) is 1. The van der Waals surface area contributed by atoms with Crippen LogP contribution in [0.5, 0.6) is 0 Å². The van der Waals surface area contributed by atoms with Crippen molar-refractivity contribution in [2.45, 2.75) is 26.8 Å². The Hall–Kier alpha value is -1.23. The molecule has 5 nitrogen and oxygen atoms in total. The van der Waals surface area contributed by atoms with Crippen LogP contribution in [0.1, 0.15) is 20.8 Å². The Labute approximate surface area is 78.3 Å². The molecule has 5 heteroatoms. The summed E-state index contributed by atoms with van der Waals surface area (Å²) in [5, 5.41) is 1.35. The highest BCUT2D eigenvalue weighted by molar-refractivity contribution is 5.87. The van der Waals surface area contributed by atoms with E-state index in [0.29, 0.717) is 6.61 Å². The molecule has 0 fully saturated rings. The molecule has 0 saturated carbocycles. The second-order valence-electron chi connectivity index (χ2n) is 2.85. The molecular weight excluding hydrogens is 170 g/mol. The monoisotopic (exact) mass is 187 g/mol. The standard InChI is InChI=1S/C8H17N3O2/c1-4-13-8(12)7(9)5-11(10)6(2)3/h5-6H,4,9-10H2,1-3H3/b7-5-. The van der Waals surface area contributed by atoms with E-state index in [9.17, 15) is 4.79 Å². The summed E-state index contributed by atoms with van der Waals surface area (Å²) in [6, 6.07) is 0.0907. The van der Waals surface area contributed by atoms with Crippen molar-refractivity contribution >= 4 is 5.97 Å². The van der Waals surface area contributed by atoms with Gasteiger partial charge >= 0.3 is 5.97 Å². The van der Waals surface area contributed by atoms with Crippen LogP contribution in [-0.4, -0.2) is 23.6 Å². The fraction of sp³-hybridized carbons (Fsp3) is 0.625. The molecule has 0 aromatic carbocycles. The number of esters is 1. The van der Waals surface area contributed by atoms with Gasteiger partial charge in [0.15, 0.2) is 0 Å². The van der Waals surface area contributed by atoms with Crippen LogP contribution in [0.4, 0.5) is 0 Å². The molecule has 0 saturated heterocycles. The van der Waals surface area contributed by atoms with Crippen molar-refractivity contribution in [1.82, 2.24) is 5.01 Å². The summed E-state index contributed by atoms with van der Waals surface area (Å²) in [6.45, 7) is 5.79. The maximum atomic E-state index is 11.0. The van der Waals surface area contributed by atoms with Gasteiger partial charge in [0.2, 0.25) is 0 Å². The molecule has 0 radical (unpaired) electrons. The average Bonchev–Trinajstić information content (AvgIpc) is 2.04.